The van der Waals surface area contributed by atoms with Crippen molar-refractivity contribution in [1.29, 1.82) is 0 Å². The van der Waals surface area contributed by atoms with Crippen LogP contribution in [0.15, 0.2) is 9.63 Å². The van der Waals surface area contributed by atoms with E-state index in [1.54, 1.807) is 11.4 Å². The van der Waals surface area contributed by atoms with E-state index in [1.807, 2.05) is 0 Å². The normalized spacial score (nSPS) is 28.3. The fraction of sp³-hybridized carbons (Fsp3) is 0.833. The molecule has 2 fully saturated rings. The van der Waals surface area contributed by atoms with E-state index in [9.17, 15) is 8.42 Å². The molecule has 0 amide bonds. The number of aromatic nitrogens is 3. The highest BCUT2D eigenvalue weighted by Crippen LogP contribution is 2.38. The summed E-state index contributed by atoms with van der Waals surface area (Å²) >= 11 is 3.19. The number of sulfonamides is 1. The molecular formula is C12H19BrN4O2S. The predicted molar refractivity (Wildman–Crippen MR) is 77.5 cm³/mol. The quantitative estimate of drug-likeness (QED) is 0.803. The Morgan fingerprint density at radius 2 is 1.90 bits per heavy atom. The van der Waals surface area contributed by atoms with Gasteiger partial charge in [0.1, 0.15) is 0 Å². The summed E-state index contributed by atoms with van der Waals surface area (Å²) in [7, 11) is -1.90. The van der Waals surface area contributed by atoms with Crippen molar-refractivity contribution in [2.45, 2.75) is 37.1 Å². The van der Waals surface area contributed by atoms with Gasteiger partial charge in [-0.25, -0.2) is 13.1 Å². The maximum Gasteiger partial charge on any atom is 0.263 e. The van der Waals surface area contributed by atoms with Gasteiger partial charge in [0.05, 0.1) is 0 Å². The lowest BCUT2D eigenvalue weighted by Crippen LogP contribution is -2.45. The molecule has 1 saturated carbocycles. The van der Waals surface area contributed by atoms with Crippen LogP contribution >= 0.6 is 15.9 Å². The number of hydrogen-bond donors (Lipinski definition) is 0. The third-order valence-electron chi connectivity index (χ3n) is 4.58. The molecule has 1 aliphatic heterocycles. The third-order valence-corrected chi connectivity index (χ3v) is 7.33. The fourth-order valence-electron chi connectivity index (χ4n) is 3.50. The molecule has 0 radical (unpaired) electrons. The van der Waals surface area contributed by atoms with Crippen molar-refractivity contribution in [3.8, 4) is 0 Å². The van der Waals surface area contributed by atoms with Gasteiger partial charge in [-0.2, -0.15) is 4.31 Å². The summed E-state index contributed by atoms with van der Waals surface area (Å²) in [5.41, 5.74) is 0. The zero-order chi connectivity index (χ0) is 14.3. The lowest BCUT2D eigenvalue weighted by molar-refractivity contribution is 0.136. The van der Waals surface area contributed by atoms with Gasteiger partial charge in [-0.15, -0.1) is 5.10 Å². The van der Waals surface area contributed by atoms with E-state index in [1.165, 1.54) is 23.9 Å². The number of aryl methyl sites for hydroxylation is 1. The Hall–Kier alpha value is -0.470. The summed E-state index contributed by atoms with van der Waals surface area (Å²) in [4.78, 5) is 0. The van der Waals surface area contributed by atoms with Crippen LogP contribution in [0.25, 0.3) is 0 Å². The Kier molecular flexibility index (Phi) is 3.89. The molecule has 0 bridgehead atoms. The van der Waals surface area contributed by atoms with E-state index in [4.69, 9.17) is 0 Å². The molecule has 0 aromatic carbocycles. The average Bonchev–Trinajstić information content (AvgIpc) is 2.78. The van der Waals surface area contributed by atoms with E-state index in [0.29, 0.717) is 29.5 Å². The Morgan fingerprint density at radius 1 is 1.20 bits per heavy atom. The summed E-state index contributed by atoms with van der Waals surface area (Å²) in [6, 6.07) is 0. The van der Waals surface area contributed by atoms with Crippen molar-refractivity contribution < 1.29 is 8.42 Å². The number of piperidine rings is 1. The highest BCUT2D eigenvalue weighted by molar-refractivity contribution is 9.10. The van der Waals surface area contributed by atoms with Crippen LogP contribution in [0.5, 0.6) is 0 Å². The van der Waals surface area contributed by atoms with Gasteiger partial charge in [0.2, 0.25) is 5.03 Å². The highest BCUT2D eigenvalue weighted by Gasteiger charge is 2.38. The summed E-state index contributed by atoms with van der Waals surface area (Å²) in [6.45, 7) is 1.26. The number of nitrogens with zero attached hydrogens (tertiary/aromatic N) is 4. The van der Waals surface area contributed by atoms with E-state index >= 15 is 0 Å². The first-order chi connectivity index (χ1) is 9.50. The number of rotatable bonds is 2. The molecule has 2 unspecified atom stereocenters. The number of halogens is 1. The van der Waals surface area contributed by atoms with Crippen molar-refractivity contribution >= 4 is 26.0 Å². The molecule has 0 N–H and O–H groups in total. The largest absolute Gasteiger partial charge is 0.263 e. The molecule has 1 aromatic heterocycles. The second-order valence-corrected chi connectivity index (χ2v) is 8.37. The highest BCUT2D eigenvalue weighted by atomic mass is 79.9. The predicted octanol–water partition coefficient (Wildman–Crippen LogP) is 1.78. The molecule has 6 nitrogen and oxygen atoms in total. The van der Waals surface area contributed by atoms with E-state index < -0.39 is 10.0 Å². The first kappa shape index (κ1) is 14.5. The SMILES string of the molecule is Cn1nnc(Br)c1S(=O)(=O)N1CCC2CCCCC2C1. The molecule has 3 rings (SSSR count). The molecule has 2 atom stereocenters. The summed E-state index contributed by atoms with van der Waals surface area (Å²) in [6.07, 6.45) is 5.92. The van der Waals surface area contributed by atoms with Crippen LogP contribution in [-0.4, -0.2) is 40.8 Å². The Balaban J connectivity index is 1.85. The van der Waals surface area contributed by atoms with Crippen LogP contribution < -0.4 is 0 Å². The monoisotopic (exact) mass is 362 g/mol. The molecule has 2 heterocycles. The van der Waals surface area contributed by atoms with Gasteiger partial charge in [-0.1, -0.05) is 24.5 Å². The van der Waals surface area contributed by atoms with Crippen LogP contribution in [0.1, 0.15) is 32.1 Å². The van der Waals surface area contributed by atoms with Crippen LogP contribution in [0, 0.1) is 11.8 Å². The maximum atomic E-state index is 12.8. The number of hydrogen-bond acceptors (Lipinski definition) is 4. The van der Waals surface area contributed by atoms with Crippen molar-refractivity contribution in [3.05, 3.63) is 4.60 Å². The second kappa shape index (κ2) is 5.38. The molecule has 1 saturated heterocycles. The van der Waals surface area contributed by atoms with Gasteiger partial charge in [-0.05, 0) is 40.6 Å². The smallest absolute Gasteiger partial charge is 0.235 e. The van der Waals surface area contributed by atoms with Crippen molar-refractivity contribution in [3.63, 3.8) is 0 Å². The standard InChI is InChI=1S/C12H19BrN4O2S/c1-16-12(11(13)14-15-16)20(18,19)17-7-6-9-4-2-3-5-10(9)8-17/h9-10H,2-8H2,1H3. The molecule has 20 heavy (non-hydrogen) atoms. The summed E-state index contributed by atoms with van der Waals surface area (Å²) < 4.78 is 28.8. The van der Waals surface area contributed by atoms with Gasteiger partial charge in [0.15, 0.2) is 4.60 Å². The van der Waals surface area contributed by atoms with Crippen LogP contribution in [-0.2, 0) is 17.1 Å². The lowest BCUT2D eigenvalue weighted by Gasteiger charge is -2.40. The minimum absolute atomic E-state index is 0.159. The molecular weight excluding hydrogens is 344 g/mol. The molecule has 0 spiro atoms. The first-order valence-electron chi connectivity index (χ1n) is 7.05. The minimum atomic E-state index is -3.51. The zero-order valence-corrected chi connectivity index (χ0v) is 13.9. The zero-order valence-electron chi connectivity index (χ0n) is 11.5. The first-order valence-corrected chi connectivity index (χ1v) is 9.29. The van der Waals surface area contributed by atoms with Gasteiger partial charge < -0.3 is 0 Å². The molecule has 1 aliphatic carbocycles. The van der Waals surface area contributed by atoms with Crippen molar-refractivity contribution in [1.82, 2.24) is 19.3 Å². The minimum Gasteiger partial charge on any atom is -0.235 e. The van der Waals surface area contributed by atoms with Gasteiger partial charge in [-0.3, -0.25) is 0 Å². The fourth-order valence-corrected chi connectivity index (χ4v) is 6.05. The Morgan fingerprint density at radius 3 is 2.55 bits per heavy atom. The Labute approximate surface area is 127 Å². The van der Waals surface area contributed by atoms with E-state index in [-0.39, 0.29) is 5.03 Å². The van der Waals surface area contributed by atoms with Crippen molar-refractivity contribution in [2.24, 2.45) is 18.9 Å². The van der Waals surface area contributed by atoms with E-state index in [0.717, 1.165) is 12.8 Å². The lowest BCUT2D eigenvalue weighted by atomic mass is 9.76. The maximum absolute atomic E-state index is 12.8. The van der Waals surface area contributed by atoms with Crippen LogP contribution in [0.4, 0.5) is 0 Å². The topological polar surface area (TPSA) is 68.1 Å². The van der Waals surface area contributed by atoms with Crippen molar-refractivity contribution in [2.75, 3.05) is 13.1 Å². The van der Waals surface area contributed by atoms with Gasteiger partial charge in [0.25, 0.3) is 10.0 Å². The molecule has 1 aromatic rings. The van der Waals surface area contributed by atoms with Gasteiger partial charge >= 0.3 is 0 Å². The molecule has 8 heteroatoms. The third kappa shape index (κ3) is 2.42. The van der Waals surface area contributed by atoms with Gasteiger partial charge in [0, 0.05) is 20.1 Å². The van der Waals surface area contributed by atoms with E-state index in [2.05, 4.69) is 26.2 Å². The molecule has 112 valence electrons. The van der Waals surface area contributed by atoms with Crippen LogP contribution in [0.2, 0.25) is 0 Å². The van der Waals surface area contributed by atoms with Crippen LogP contribution in [0.3, 0.4) is 0 Å². The Bertz CT molecular complexity index is 581. The molecule has 2 aliphatic rings. The second-order valence-electron chi connectivity index (χ2n) is 5.77. The summed E-state index contributed by atoms with van der Waals surface area (Å²) in [5.74, 6) is 1.23. The number of fused-ring (bicyclic) bond motifs is 1. The summed E-state index contributed by atoms with van der Waals surface area (Å²) in [5, 5.41) is 7.71. The average molecular weight is 363 g/mol.